The van der Waals surface area contributed by atoms with Crippen molar-refractivity contribution in [3.8, 4) is 0 Å². The number of morpholine rings is 1. The Bertz CT molecular complexity index is 401. The third-order valence-electron chi connectivity index (χ3n) is 3.83. The summed E-state index contributed by atoms with van der Waals surface area (Å²) in [7, 11) is 0. The first-order valence-corrected chi connectivity index (χ1v) is 7.26. The molecule has 1 aromatic heterocycles. The van der Waals surface area contributed by atoms with E-state index >= 15 is 0 Å². The number of carbonyl (C=O) groups excluding carboxylic acids is 1. The molecule has 6 nitrogen and oxygen atoms in total. The van der Waals surface area contributed by atoms with Crippen molar-refractivity contribution < 1.29 is 9.53 Å². The number of rotatable bonds is 6. The fraction of sp³-hybridized carbons (Fsp3) is 0.714. The first-order valence-electron chi connectivity index (χ1n) is 7.26. The van der Waals surface area contributed by atoms with Crippen LogP contribution < -0.4 is 5.32 Å². The van der Waals surface area contributed by atoms with Crippen LogP contribution in [0.2, 0.25) is 0 Å². The molecule has 0 aromatic carbocycles. The standard InChI is InChI=1S/C14H24N4O2/c1-12(13(2)18-7-3-5-16-18)15-6-4-14(19)17-8-10-20-11-9-17/h3,5,7,12-13,15H,4,6,8-11H2,1-2H3/t12-,13-/m0/s1. The largest absolute Gasteiger partial charge is 0.378 e. The van der Waals surface area contributed by atoms with E-state index in [0.29, 0.717) is 26.2 Å². The molecule has 1 amide bonds. The zero-order valence-electron chi connectivity index (χ0n) is 12.3. The quantitative estimate of drug-likeness (QED) is 0.832. The number of carbonyl (C=O) groups is 1. The van der Waals surface area contributed by atoms with Gasteiger partial charge in [0, 0.05) is 44.5 Å². The summed E-state index contributed by atoms with van der Waals surface area (Å²) < 4.78 is 7.18. The fourth-order valence-corrected chi connectivity index (χ4v) is 2.30. The van der Waals surface area contributed by atoms with Crippen molar-refractivity contribution in [3.05, 3.63) is 18.5 Å². The minimum absolute atomic E-state index is 0.208. The Morgan fingerprint density at radius 3 is 2.80 bits per heavy atom. The van der Waals surface area contributed by atoms with Crippen LogP contribution in [-0.4, -0.2) is 59.5 Å². The van der Waals surface area contributed by atoms with Gasteiger partial charge in [-0.15, -0.1) is 0 Å². The first-order chi connectivity index (χ1) is 9.68. The maximum absolute atomic E-state index is 12.0. The van der Waals surface area contributed by atoms with Gasteiger partial charge in [0.2, 0.25) is 5.91 Å². The average Bonchev–Trinajstić information content (AvgIpc) is 3.01. The molecule has 20 heavy (non-hydrogen) atoms. The van der Waals surface area contributed by atoms with Gasteiger partial charge in [0.25, 0.3) is 0 Å². The van der Waals surface area contributed by atoms with Crippen LogP contribution in [0.3, 0.4) is 0 Å². The zero-order valence-corrected chi connectivity index (χ0v) is 12.3. The smallest absolute Gasteiger partial charge is 0.224 e. The van der Waals surface area contributed by atoms with Crippen LogP contribution in [0.15, 0.2) is 18.5 Å². The summed E-state index contributed by atoms with van der Waals surface area (Å²) in [6.45, 7) is 7.69. The summed E-state index contributed by atoms with van der Waals surface area (Å²) in [4.78, 5) is 13.9. The van der Waals surface area contributed by atoms with Gasteiger partial charge < -0.3 is 15.0 Å². The third kappa shape index (κ3) is 4.05. The fourth-order valence-electron chi connectivity index (χ4n) is 2.30. The lowest BCUT2D eigenvalue weighted by molar-refractivity contribution is -0.135. The Balaban J connectivity index is 1.68. The summed E-state index contributed by atoms with van der Waals surface area (Å²) >= 11 is 0. The van der Waals surface area contributed by atoms with E-state index in [1.807, 2.05) is 21.8 Å². The molecule has 0 aliphatic carbocycles. The number of hydrogen-bond donors (Lipinski definition) is 1. The summed E-state index contributed by atoms with van der Waals surface area (Å²) in [5, 5.41) is 7.64. The predicted octanol–water partition coefficient (Wildman–Crippen LogP) is 0.671. The summed E-state index contributed by atoms with van der Waals surface area (Å²) in [6.07, 6.45) is 4.28. The van der Waals surface area contributed by atoms with Gasteiger partial charge in [-0.1, -0.05) is 0 Å². The summed E-state index contributed by atoms with van der Waals surface area (Å²) in [5.41, 5.74) is 0. The molecule has 1 fully saturated rings. The molecular formula is C14H24N4O2. The number of ether oxygens (including phenoxy) is 1. The molecule has 6 heteroatoms. The number of nitrogens with zero attached hydrogens (tertiary/aromatic N) is 3. The molecule has 2 atom stereocenters. The zero-order chi connectivity index (χ0) is 14.4. The number of amides is 1. The Morgan fingerprint density at radius 1 is 1.40 bits per heavy atom. The molecular weight excluding hydrogens is 256 g/mol. The van der Waals surface area contributed by atoms with E-state index in [9.17, 15) is 4.79 Å². The van der Waals surface area contributed by atoms with Gasteiger partial charge in [-0.25, -0.2) is 0 Å². The molecule has 2 heterocycles. The van der Waals surface area contributed by atoms with Gasteiger partial charge in [0.1, 0.15) is 0 Å². The Morgan fingerprint density at radius 2 is 2.15 bits per heavy atom. The van der Waals surface area contributed by atoms with Crippen LogP contribution >= 0.6 is 0 Å². The van der Waals surface area contributed by atoms with Gasteiger partial charge in [-0.3, -0.25) is 9.48 Å². The van der Waals surface area contributed by atoms with Gasteiger partial charge in [-0.05, 0) is 19.9 Å². The maximum atomic E-state index is 12.0. The second kappa shape index (κ2) is 7.40. The van der Waals surface area contributed by atoms with E-state index in [1.165, 1.54) is 0 Å². The van der Waals surface area contributed by atoms with Crippen LogP contribution in [0.1, 0.15) is 26.3 Å². The molecule has 0 saturated carbocycles. The van der Waals surface area contributed by atoms with E-state index in [-0.39, 0.29) is 18.0 Å². The van der Waals surface area contributed by atoms with E-state index in [2.05, 4.69) is 24.3 Å². The van der Waals surface area contributed by atoms with Crippen molar-refractivity contribution in [2.75, 3.05) is 32.8 Å². The van der Waals surface area contributed by atoms with E-state index < -0.39 is 0 Å². The Kier molecular flexibility index (Phi) is 5.55. The van der Waals surface area contributed by atoms with Crippen molar-refractivity contribution in [1.82, 2.24) is 20.0 Å². The monoisotopic (exact) mass is 280 g/mol. The van der Waals surface area contributed by atoms with Gasteiger partial charge >= 0.3 is 0 Å². The van der Waals surface area contributed by atoms with Crippen molar-refractivity contribution in [3.63, 3.8) is 0 Å². The van der Waals surface area contributed by atoms with Crippen molar-refractivity contribution in [2.45, 2.75) is 32.4 Å². The molecule has 1 aromatic rings. The maximum Gasteiger partial charge on any atom is 0.224 e. The minimum Gasteiger partial charge on any atom is -0.378 e. The second-order valence-electron chi connectivity index (χ2n) is 5.21. The lowest BCUT2D eigenvalue weighted by Gasteiger charge is -2.27. The molecule has 0 radical (unpaired) electrons. The summed E-state index contributed by atoms with van der Waals surface area (Å²) in [5.74, 6) is 0.208. The average molecular weight is 280 g/mol. The number of nitrogens with one attached hydrogen (secondary N) is 1. The highest BCUT2D eigenvalue weighted by atomic mass is 16.5. The topological polar surface area (TPSA) is 59.4 Å². The van der Waals surface area contributed by atoms with Crippen LogP contribution in [0.5, 0.6) is 0 Å². The molecule has 1 aliphatic rings. The van der Waals surface area contributed by atoms with Gasteiger partial charge in [-0.2, -0.15) is 5.10 Å². The molecule has 112 valence electrons. The van der Waals surface area contributed by atoms with Crippen LogP contribution in [0.4, 0.5) is 0 Å². The molecule has 0 bridgehead atoms. The van der Waals surface area contributed by atoms with Crippen molar-refractivity contribution in [1.29, 1.82) is 0 Å². The molecule has 1 N–H and O–H groups in total. The van der Waals surface area contributed by atoms with Crippen LogP contribution in [0.25, 0.3) is 0 Å². The lowest BCUT2D eigenvalue weighted by atomic mass is 10.1. The highest BCUT2D eigenvalue weighted by Crippen LogP contribution is 2.09. The van der Waals surface area contributed by atoms with Gasteiger partial charge in [0.15, 0.2) is 0 Å². The number of hydrogen-bond acceptors (Lipinski definition) is 4. The first kappa shape index (κ1) is 15.0. The Labute approximate surface area is 120 Å². The third-order valence-corrected chi connectivity index (χ3v) is 3.83. The number of aromatic nitrogens is 2. The SMILES string of the molecule is C[C@H](NCCC(=O)N1CCOCC1)[C@H](C)n1cccn1. The Hall–Kier alpha value is -1.40. The molecule has 0 spiro atoms. The van der Waals surface area contributed by atoms with Crippen LogP contribution in [0, 0.1) is 0 Å². The van der Waals surface area contributed by atoms with E-state index in [1.54, 1.807) is 6.20 Å². The highest BCUT2D eigenvalue weighted by Gasteiger charge is 2.18. The van der Waals surface area contributed by atoms with Crippen LogP contribution in [-0.2, 0) is 9.53 Å². The lowest BCUT2D eigenvalue weighted by Crippen LogP contribution is -2.42. The van der Waals surface area contributed by atoms with Crippen molar-refractivity contribution in [2.24, 2.45) is 0 Å². The molecule has 0 unspecified atom stereocenters. The highest BCUT2D eigenvalue weighted by molar-refractivity contribution is 5.76. The van der Waals surface area contributed by atoms with E-state index in [4.69, 9.17) is 4.74 Å². The second-order valence-corrected chi connectivity index (χ2v) is 5.21. The molecule has 1 aliphatic heterocycles. The van der Waals surface area contributed by atoms with Crippen molar-refractivity contribution >= 4 is 5.91 Å². The molecule has 2 rings (SSSR count). The van der Waals surface area contributed by atoms with E-state index in [0.717, 1.165) is 13.1 Å². The minimum atomic E-state index is 0.208. The predicted molar refractivity (Wildman–Crippen MR) is 76.4 cm³/mol. The molecule has 1 saturated heterocycles. The van der Waals surface area contributed by atoms with Gasteiger partial charge in [0.05, 0.1) is 19.3 Å². The summed E-state index contributed by atoms with van der Waals surface area (Å²) in [6, 6.07) is 2.46. The normalized spacial score (nSPS) is 18.8.